The first-order chi connectivity index (χ1) is 10.4. The molecule has 0 radical (unpaired) electrons. The molecule has 0 saturated carbocycles. The molecule has 0 spiro atoms. The first kappa shape index (κ1) is 15.8. The zero-order valence-electron chi connectivity index (χ0n) is 12.6. The Kier molecular flexibility index (Phi) is 4.98. The third-order valence-electron chi connectivity index (χ3n) is 3.24. The number of benzene rings is 1. The second kappa shape index (κ2) is 6.93. The first-order valence-corrected chi connectivity index (χ1v) is 7.03. The molecule has 2 N–H and O–H groups in total. The fraction of sp³-hybridized carbons (Fsp3) is 0.400. The van der Waals surface area contributed by atoms with Gasteiger partial charge in [-0.05, 0) is 30.7 Å². The quantitative estimate of drug-likeness (QED) is 0.868. The van der Waals surface area contributed by atoms with Crippen LogP contribution in [0.3, 0.4) is 0 Å². The zero-order valence-corrected chi connectivity index (χ0v) is 12.6. The van der Waals surface area contributed by atoms with Gasteiger partial charge in [0, 0.05) is 31.8 Å². The predicted molar refractivity (Wildman–Crippen MR) is 81.5 cm³/mol. The summed E-state index contributed by atoms with van der Waals surface area (Å²) >= 11 is 0. The van der Waals surface area contributed by atoms with Crippen LogP contribution in [0.15, 0.2) is 24.3 Å². The highest BCUT2D eigenvalue weighted by molar-refractivity contribution is 5.92. The summed E-state index contributed by atoms with van der Waals surface area (Å²) in [5.74, 6) is -0.286. The normalized spacial score (nSPS) is 17.1. The summed E-state index contributed by atoms with van der Waals surface area (Å²) in [6, 6.07) is 6.86. The maximum Gasteiger partial charge on any atom is 0.409 e. The topological polar surface area (TPSA) is 87.7 Å². The largest absolute Gasteiger partial charge is 0.444 e. The molecule has 2 rings (SSSR count). The highest BCUT2D eigenvalue weighted by atomic mass is 16.6. The molecule has 1 heterocycles. The Morgan fingerprint density at radius 2 is 1.82 bits per heavy atom. The van der Waals surface area contributed by atoms with E-state index in [1.807, 2.05) is 0 Å². The molecule has 3 amide bonds. The maximum absolute atomic E-state index is 11.9. The van der Waals surface area contributed by atoms with E-state index in [1.54, 1.807) is 31.3 Å². The van der Waals surface area contributed by atoms with Crippen LogP contribution in [-0.4, -0.2) is 42.5 Å². The lowest BCUT2D eigenvalue weighted by molar-refractivity contribution is -0.116. The molecule has 1 aliphatic heterocycles. The van der Waals surface area contributed by atoms with Crippen molar-refractivity contribution in [2.24, 2.45) is 0 Å². The zero-order chi connectivity index (χ0) is 16.1. The van der Waals surface area contributed by atoms with E-state index in [9.17, 15) is 14.4 Å². The molecule has 0 bridgehead atoms. The number of anilines is 2. The molecular formula is C15H19N3O4. The lowest BCUT2D eigenvalue weighted by Crippen LogP contribution is -2.20. The molecule has 7 heteroatoms. The van der Waals surface area contributed by atoms with Crippen molar-refractivity contribution in [3.05, 3.63) is 24.3 Å². The Bertz CT molecular complexity index is 571. The Balaban J connectivity index is 1.77. The van der Waals surface area contributed by atoms with Gasteiger partial charge in [-0.15, -0.1) is 0 Å². The summed E-state index contributed by atoms with van der Waals surface area (Å²) in [7, 11) is 1.67. The van der Waals surface area contributed by atoms with Crippen molar-refractivity contribution in [1.29, 1.82) is 0 Å². The highest BCUT2D eigenvalue weighted by Gasteiger charge is 2.28. The fourth-order valence-corrected chi connectivity index (χ4v) is 2.16. The second-order valence-corrected chi connectivity index (χ2v) is 5.23. The first-order valence-electron chi connectivity index (χ1n) is 7.03. The van der Waals surface area contributed by atoms with E-state index in [4.69, 9.17) is 4.74 Å². The van der Waals surface area contributed by atoms with Crippen LogP contribution < -0.4 is 10.6 Å². The van der Waals surface area contributed by atoms with Crippen molar-refractivity contribution in [3.63, 3.8) is 0 Å². The van der Waals surface area contributed by atoms with Crippen molar-refractivity contribution in [1.82, 2.24) is 4.90 Å². The van der Waals surface area contributed by atoms with Gasteiger partial charge < -0.3 is 20.3 Å². The van der Waals surface area contributed by atoms with Gasteiger partial charge in [-0.2, -0.15) is 0 Å². The van der Waals surface area contributed by atoms with Gasteiger partial charge >= 0.3 is 6.09 Å². The van der Waals surface area contributed by atoms with Crippen molar-refractivity contribution in [2.45, 2.75) is 25.9 Å². The molecule has 1 aliphatic rings. The molecule has 1 fully saturated rings. The Morgan fingerprint density at radius 1 is 1.23 bits per heavy atom. The number of carbonyl (C=O) groups excluding carboxylic acids is 3. The maximum atomic E-state index is 11.9. The molecule has 7 nitrogen and oxygen atoms in total. The molecule has 1 aromatic carbocycles. The van der Waals surface area contributed by atoms with Crippen molar-refractivity contribution < 1.29 is 19.1 Å². The van der Waals surface area contributed by atoms with Crippen LogP contribution in [0.5, 0.6) is 0 Å². The van der Waals surface area contributed by atoms with E-state index >= 15 is 0 Å². The van der Waals surface area contributed by atoms with Crippen LogP contribution in [0, 0.1) is 0 Å². The van der Waals surface area contributed by atoms with E-state index in [-0.39, 0.29) is 30.4 Å². The monoisotopic (exact) mass is 305 g/mol. The number of cyclic esters (lactones) is 1. The molecule has 1 atom stereocenters. The van der Waals surface area contributed by atoms with Gasteiger partial charge in [0.25, 0.3) is 0 Å². The lowest BCUT2D eigenvalue weighted by atomic mass is 10.2. The van der Waals surface area contributed by atoms with Gasteiger partial charge in [-0.25, -0.2) is 4.79 Å². The van der Waals surface area contributed by atoms with Crippen LogP contribution in [0.4, 0.5) is 16.2 Å². The van der Waals surface area contributed by atoms with E-state index in [2.05, 4.69) is 10.6 Å². The van der Waals surface area contributed by atoms with Crippen LogP contribution in [0.1, 0.15) is 19.8 Å². The summed E-state index contributed by atoms with van der Waals surface area (Å²) in [5, 5.41) is 5.41. The van der Waals surface area contributed by atoms with Crippen molar-refractivity contribution >= 4 is 29.3 Å². The third-order valence-corrected chi connectivity index (χ3v) is 3.24. The Hall–Kier alpha value is -2.57. The average Bonchev–Trinajstić information content (AvgIpc) is 2.77. The van der Waals surface area contributed by atoms with E-state index in [0.29, 0.717) is 24.3 Å². The summed E-state index contributed by atoms with van der Waals surface area (Å²) in [6.07, 6.45) is 0.190. The lowest BCUT2D eigenvalue weighted by Gasteiger charge is -2.09. The molecule has 22 heavy (non-hydrogen) atoms. The number of hydrogen-bond donors (Lipinski definition) is 2. The standard InChI is InChI=1S/C15H19N3O4/c1-10(19)16-11-3-5-12(6-4-11)17-14(20)8-7-13-9-18(2)15(21)22-13/h3-6,13H,7-9H2,1-2H3,(H,16,19)(H,17,20). The molecule has 1 aromatic rings. The number of nitrogens with zero attached hydrogens (tertiary/aromatic N) is 1. The van der Waals surface area contributed by atoms with Crippen LogP contribution in [0.25, 0.3) is 0 Å². The number of carbonyl (C=O) groups is 3. The van der Waals surface area contributed by atoms with E-state index < -0.39 is 0 Å². The molecule has 1 saturated heterocycles. The molecular weight excluding hydrogens is 286 g/mol. The van der Waals surface area contributed by atoms with E-state index in [1.165, 1.54) is 11.8 Å². The van der Waals surface area contributed by atoms with E-state index in [0.717, 1.165) is 0 Å². The minimum atomic E-state index is -0.348. The van der Waals surface area contributed by atoms with Crippen molar-refractivity contribution in [2.75, 3.05) is 24.2 Å². The third kappa shape index (κ3) is 4.47. The Labute approximate surface area is 128 Å². The van der Waals surface area contributed by atoms with Gasteiger partial charge in [0.05, 0.1) is 6.54 Å². The number of ether oxygens (including phenoxy) is 1. The molecule has 0 aliphatic carbocycles. The van der Waals surface area contributed by atoms with Gasteiger partial charge in [-0.1, -0.05) is 0 Å². The van der Waals surface area contributed by atoms with Crippen LogP contribution >= 0.6 is 0 Å². The minimum Gasteiger partial charge on any atom is -0.444 e. The second-order valence-electron chi connectivity index (χ2n) is 5.23. The Morgan fingerprint density at radius 3 is 2.32 bits per heavy atom. The smallest absolute Gasteiger partial charge is 0.409 e. The number of rotatable bonds is 5. The summed E-state index contributed by atoms with van der Waals surface area (Å²) in [6.45, 7) is 1.94. The summed E-state index contributed by atoms with van der Waals surface area (Å²) < 4.78 is 5.09. The SMILES string of the molecule is CC(=O)Nc1ccc(NC(=O)CCC2CN(C)C(=O)O2)cc1. The number of amides is 3. The fourth-order valence-electron chi connectivity index (χ4n) is 2.16. The number of likely N-dealkylation sites (N-methyl/N-ethyl adjacent to an activating group) is 1. The van der Waals surface area contributed by atoms with Gasteiger partial charge in [0.15, 0.2) is 0 Å². The molecule has 1 unspecified atom stereocenters. The molecule has 0 aromatic heterocycles. The predicted octanol–water partition coefficient (Wildman–Crippen LogP) is 1.81. The average molecular weight is 305 g/mol. The number of hydrogen-bond acceptors (Lipinski definition) is 4. The molecule has 118 valence electrons. The number of nitrogens with one attached hydrogen (secondary N) is 2. The summed E-state index contributed by atoms with van der Waals surface area (Å²) in [4.78, 5) is 35.5. The van der Waals surface area contributed by atoms with Gasteiger partial charge in [0.2, 0.25) is 11.8 Å². The summed E-state index contributed by atoms with van der Waals surface area (Å²) in [5.41, 5.74) is 1.33. The van der Waals surface area contributed by atoms with Crippen molar-refractivity contribution in [3.8, 4) is 0 Å². The van der Waals surface area contributed by atoms with Crippen LogP contribution in [0.2, 0.25) is 0 Å². The minimum absolute atomic E-state index is 0.141. The highest BCUT2D eigenvalue weighted by Crippen LogP contribution is 2.16. The van der Waals surface area contributed by atoms with Gasteiger partial charge in [0.1, 0.15) is 6.10 Å². The van der Waals surface area contributed by atoms with Gasteiger partial charge in [-0.3, -0.25) is 9.59 Å². The van der Waals surface area contributed by atoms with Crippen LogP contribution in [-0.2, 0) is 14.3 Å².